The minimum atomic E-state index is 0.656. The molecule has 1 heteroatoms. The molecule has 3 rings (SSSR count). The maximum Gasteiger partial charge on any atom is 0.134 e. The zero-order valence-corrected chi connectivity index (χ0v) is 9.78. The summed E-state index contributed by atoms with van der Waals surface area (Å²) in [7, 11) is 0. The summed E-state index contributed by atoms with van der Waals surface area (Å²) < 4.78 is 5.94. The van der Waals surface area contributed by atoms with Gasteiger partial charge in [0.15, 0.2) is 0 Å². The van der Waals surface area contributed by atoms with Gasteiger partial charge in [-0.1, -0.05) is 38.0 Å². The molecule has 0 atom stereocenters. The Morgan fingerprint density at radius 1 is 1.06 bits per heavy atom. The Labute approximate surface area is 96.5 Å². The van der Waals surface area contributed by atoms with Crippen molar-refractivity contribution in [2.75, 3.05) is 0 Å². The van der Waals surface area contributed by atoms with E-state index in [1.54, 1.807) is 0 Å². The second kappa shape index (κ2) is 3.97. The third-order valence-corrected chi connectivity index (χ3v) is 3.86. The Kier molecular flexibility index (Phi) is 2.47. The van der Waals surface area contributed by atoms with Gasteiger partial charge in [0, 0.05) is 11.3 Å². The van der Waals surface area contributed by atoms with Crippen LogP contribution < -0.4 is 0 Å². The largest absolute Gasteiger partial charge is 0.461 e. The second-order valence-corrected chi connectivity index (χ2v) is 5.14. The molecule has 1 saturated carbocycles. The first-order valence-corrected chi connectivity index (χ1v) is 6.31. The van der Waals surface area contributed by atoms with Crippen LogP contribution in [-0.2, 0) is 0 Å². The van der Waals surface area contributed by atoms with E-state index in [1.807, 2.05) is 6.07 Å². The highest BCUT2D eigenvalue weighted by molar-refractivity contribution is 5.77. The molecule has 1 aliphatic rings. The van der Waals surface area contributed by atoms with Crippen LogP contribution in [-0.4, -0.2) is 0 Å². The van der Waals surface area contributed by atoms with Crippen molar-refractivity contribution in [2.24, 2.45) is 5.92 Å². The van der Waals surface area contributed by atoms with Crippen LogP contribution in [0.3, 0.4) is 0 Å². The van der Waals surface area contributed by atoms with E-state index in [9.17, 15) is 0 Å². The average Bonchev–Trinajstić information content (AvgIpc) is 2.73. The van der Waals surface area contributed by atoms with Gasteiger partial charge in [-0.3, -0.25) is 0 Å². The number of hydrogen-bond acceptors (Lipinski definition) is 1. The molecule has 1 aromatic carbocycles. The summed E-state index contributed by atoms with van der Waals surface area (Å²) in [5, 5.41) is 1.25. The SMILES string of the molecule is CC1CCC(c2cc3ccccc3o2)CC1. The van der Waals surface area contributed by atoms with Gasteiger partial charge >= 0.3 is 0 Å². The maximum atomic E-state index is 5.94. The molecule has 1 nitrogen and oxygen atoms in total. The molecule has 0 amide bonds. The minimum absolute atomic E-state index is 0.656. The van der Waals surface area contributed by atoms with E-state index in [2.05, 4.69) is 31.2 Å². The summed E-state index contributed by atoms with van der Waals surface area (Å²) in [5.74, 6) is 2.76. The Balaban J connectivity index is 1.88. The molecule has 0 bridgehead atoms. The summed E-state index contributed by atoms with van der Waals surface area (Å²) >= 11 is 0. The lowest BCUT2D eigenvalue weighted by Gasteiger charge is -2.24. The topological polar surface area (TPSA) is 13.1 Å². The molecule has 16 heavy (non-hydrogen) atoms. The molecule has 2 aromatic rings. The number of furan rings is 1. The lowest BCUT2D eigenvalue weighted by molar-refractivity contribution is 0.319. The van der Waals surface area contributed by atoms with Crippen LogP contribution in [0.15, 0.2) is 34.7 Å². The van der Waals surface area contributed by atoms with Gasteiger partial charge in [0.2, 0.25) is 0 Å². The monoisotopic (exact) mass is 214 g/mol. The highest BCUT2D eigenvalue weighted by Crippen LogP contribution is 2.37. The Bertz CT molecular complexity index is 442. The van der Waals surface area contributed by atoms with E-state index in [1.165, 1.54) is 36.8 Å². The first-order valence-electron chi connectivity index (χ1n) is 6.31. The number of fused-ring (bicyclic) bond motifs is 1. The van der Waals surface area contributed by atoms with E-state index in [-0.39, 0.29) is 0 Å². The van der Waals surface area contributed by atoms with Gasteiger partial charge in [-0.15, -0.1) is 0 Å². The predicted molar refractivity (Wildman–Crippen MR) is 66.6 cm³/mol. The molecule has 84 valence electrons. The lowest BCUT2D eigenvalue weighted by Crippen LogP contribution is -2.09. The normalized spacial score (nSPS) is 26.1. The first kappa shape index (κ1) is 9.95. The number of benzene rings is 1. The van der Waals surface area contributed by atoms with Crippen molar-refractivity contribution >= 4 is 11.0 Å². The highest BCUT2D eigenvalue weighted by atomic mass is 16.3. The number of para-hydroxylation sites is 1. The van der Waals surface area contributed by atoms with Crippen molar-refractivity contribution in [3.05, 3.63) is 36.1 Å². The van der Waals surface area contributed by atoms with E-state index < -0.39 is 0 Å². The Morgan fingerprint density at radius 2 is 1.81 bits per heavy atom. The van der Waals surface area contributed by atoms with Crippen LogP contribution >= 0.6 is 0 Å². The van der Waals surface area contributed by atoms with E-state index in [0.29, 0.717) is 5.92 Å². The standard InChI is InChI=1S/C15H18O/c1-11-6-8-12(9-7-11)15-10-13-4-2-3-5-14(13)16-15/h2-5,10-12H,6-9H2,1H3. The van der Waals surface area contributed by atoms with Crippen molar-refractivity contribution in [3.8, 4) is 0 Å². The molecule has 0 radical (unpaired) electrons. The Hall–Kier alpha value is -1.24. The molecular formula is C15H18O. The van der Waals surface area contributed by atoms with Gasteiger partial charge < -0.3 is 4.42 Å². The minimum Gasteiger partial charge on any atom is -0.461 e. The van der Waals surface area contributed by atoms with E-state index in [4.69, 9.17) is 4.42 Å². The van der Waals surface area contributed by atoms with Crippen LogP contribution in [0.2, 0.25) is 0 Å². The van der Waals surface area contributed by atoms with Crippen LogP contribution in [0.4, 0.5) is 0 Å². The van der Waals surface area contributed by atoms with E-state index in [0.717, 1.165) is 11.5 Å². The molecule has 0 N–H and O–H groups in total. The van der Waals surface area contributed by atoms with Gasteiger partial charge in [0.05, 0.1) is 0 Å². The smallest absolute Gasteiger partial charge is 0.134 e. The predicted octanol–water partition coefficient (Wildman–Crippen LogP) is 4.73. The van der Waals surface area contributed by atoms with Crippen LogP contribution in [0.5, 0.6) is 0 Å². The molecule has 1 aromatic heterocycles. The number of rotatable bonds is 1. The average molecular weight is 214 g/mol. The second-order valence-electron chi connectivity index (χ2n) is 5.14. The summed E-state index contributed by atoms with van der Waals surface area (Å²) in [6.07, 6.45) is 5.28. The third-order valence-electron chi connectivity index (χ3n) is 3.86. The molecule has 0 spiro atoms. The lowest BCUT2D eigenvalue weighted by atomic mass is 9.82. The van der Waals surface area contributed by atoms with Crippen molar-refractivity contribution in [1.82, 2.24) is 0 Å². The van der Waals surface area contributed by atoms with E-state index >= 15 is 0 Å². The molecule has 0 saturated heterocycles. The molecule has 1 fully saturated rings. The van der Waals surface area contributed by atoms with Gasteiger partial charge in [-0.25, -0.2) is 0 Å². The highest BCUT2D eigenvalue weighted by Gasteiger charge is 2.22. The quantitative estimate of drug-likeness (QED) is 0.669. The first-order chi connectivity index (χ1) is 7.83. The maximum absolute atomic E-state index is 5.94. The summed E-state index contributed by atoms with van der Waals surface area (Å²) in [6.45, 7) is 2.36. The van der Waals surface area contributed by atoms with Crippen LogP contribution in [0, 0.1) is 5.92 Å². The van der Waals surface area contributed by atoms with Gasteiger partial charge in [0.25, 0.3) is 0 Å². The van der Waals surface area contributed by atoms with Crippen LogP contribution in [0.25, 0.3) is 11.0 Å². The van der Waals surface area contributed by atoms with Crippen molar-refractivity contribution in [2.45, 2.75) is 38.5 Å². The van der Waals surface area contributed by atoms with Crippen molar-refractivity contribution in [1.29, 1.82) is 0 Å². The molecule has 1 aliphatic carbocycles. The van der Waals surface area contributed by atoms with Gasteiger partial charge in [-0.2, -0.15) is 0 Å². The van der Waals surface area contributed by atoms with Crippen molar-refractivity contribution in [3.63, 3.8) is 0 Å². The summed E-state index contributed by atoms with van der Waals surface area (Å²) in [5.41, 5.74) is 1.04. The molecule has 1 heterocycles. The van der Waals surface area contributed by atoms with Gasteiger partial charge in [0.1, 0.15) is 11.3 Å². The molecule has 0 unspecified atom stereocenters. The fraction of sp³-hybridized carbons (Fsp3) is 0.467. The fourth-order valence-electron chi connectivity index (χ4n) is 2.75. The molecule has 0 aliphatic heterocycles. The zero-order chi connectivity index (χ0) is 11.0. The fourth-order valence-corrected chi connectivity index (χ4v) is 2.75. The number of hydrogen-bond donors (Lipinski definition) is 0. The zero-order valence-electron chi connectivity index (χ0n) is 9.78. The molecular weight excluding hydrogens is 196 g/mol. The third kappa shape index (κ3) is 1.75. The Morgan fingerprint density at radius 3 is 2.56 bits per heavy atom. The van der Waals surface area contributed by atoms with Crippen LogP contribution in [0.1, 0.15) is 44.3 Å². The van der Waals surface area contributed by atoms with Crippen molar-refractivity contribution < 1.29 is 4.42 Å². The summed E-state index contributed by atoms with van der Waals surface area (Å²) in [6, 6.07) is 10.5. The van der Waals surface area contributed by atoms with Gasteiger partial charge in [-0.05, 0) is 30.9 Å². The summed E-state index contributed by atoms with van der Waals surface area (Å²) in [4.78, 5) is 0.